The van der Waals surface area contributed by atoms with Gasteiger partial charge in [0.2, 0.25) is 12.4 Å². The normalized spacial score (nSPS) is 10.2. The van der Waals surface area contributed by atoms with Crippen LogP contribution in [0.5, 0.6) is 0 Å². The minimum Gasteiger partial charge on any atom is -0.619 e. The molecule has 7 heteroatoms. The molecule has 0 radical (unpaired) electrons. The first-order chi connectivity index (χ1) is 8.49. The molecule has 7 nitrogen and oxygen atoms in total. The van der Waals surface area contributed by atoms with Crippen LogP contribution in [0, 0.1) is 10.4 Å². The van der Waals surface area contributed by atoms with Crippen molar-refractivity contribution in [3.05, 3.63) is 58.5 Å². The van der Waals surface area contributed by atoms with Crippen LogP contribution in [0.25, 0.3) is 0 Å². The molecule has 92 valence electrons. The number of nitrogens with two attached hydrogens (primary N) is 2. The van der Waals surface area contributed by atoms with Crippen LogP contribution in [-0.4, -0.2) is 5.78 Å². The summed E-state index contributed by atoms with van der Waals surface area (Å²) in [5.74, 6) is -0.439. The van der Waals surface area contributed by atoms with Crippen LogP contribution in [0.15, 0.2) is 36.9 Å². The van der Waals surface area contributed by atoms with Crippen molar-refractivity contribution in [2.24, 2.45) is 0 Å². The van der Waals surface area contributed by atoms with Gasteiger partial charge in [0.15, 0.2) is 18.2 Å². The highest BCUT2D eigenvalue weighted by Crippen LogP contribution is 2.17. The summed E-state index contributed by atoms with van der Waals surface area (Å²) in [7, 11) is 0. The predicted octanol–water partition coefficient (Wildman–Crippen LogP) is -0.651. The van der Waals surface area contributed by atoms with Gasteiger partial charge >= 0.3 is 0 Å². The number of nitrogens with zero attached hydrogens (tertiary/aromatic N) is 2. The molecule has 2 heterocycles. The second-order valence-electron chi connectivity index (χ2n) is 3.68. The third kappa shape index (κ3) is 2.01. The standard InChI is InChI=1S/C11H10N4O3/c12-9-5-14(17)3-1-7(9)11(16)8-2-4-15(18)6-10(8)13/h1-6H,12-13H2. The highest BCUT2D eigenvalue weighted by atomic mass is 16.5. The Bertz CT molecular complexity index is 574. The van der Waals surface area contributed by atoms with E-state index in [-0.39, 0.29) is 22.5 Å². The van der Waals surface area contributed by atoms with Crippen molar-refractivity contribution in [3.8, 4) is 0 Å². The summed E-state index contributed by atoms with van der Waals surface area (Å²) in [5.41, 5.74) is 11.6. The topological polar surface area (TPSA) is 123 Å². The summed E-state index contributed by atoms with van der Waals surface area (Å²) in [6.45, 7) is 0. The minimum atomic E-state index is -0.439. The van der Waals surface area contributed by atoms with Crippen molar-refractivity contribution in [1.82, 2.24) is 0 Å². The van der Waals surface area contributed by atoms with Gasteiger partial charge in [0.25, 0.3) is 0 Å². The second-order valence-corrected chi connectivity index (χ2v) is 3.68. The van der Waals surface area contributed by atoms with Crippen LogP contribution in [0.2, 0.25) is 0 Å². The van der Waals surface area contributed by atoms with Gasteiger partial charge in [-0.1, -0.05) is 0 Å². The quantitative estimate of drug-likeness (QED) is 0.414. The largest absolute Gasteiger partial charge is 0.619 e. The summed E-state index contributed by atoms with van der Waals surface area (Å²) in [6.07, 6.45) is 4.49. The zero-order chi connectivity index (χ0) is 13.3. The van der Waals surface area contributed by atoms with Crippen LogP contribution in [0.1, 0.15) is 15.9 Å². The molecule has 0 unspecified atom stereocenters. The van der Waals surface area contributed by atoms with Crippen molar-refractivity contribution in [2.75, 3.05) is 11.5 Å². The molecule has 0 saturated heterocycles. The van der Waals surface area contributed by atoms with Crippen molar-refractivity contribution >= 4 is 17.2 Å². The third-order valence-electron chi connectivity index (χ3n) is 2.42. The Balaban J connectivity index is 2.48. The summed E-state index contributed by atoms with van der Waals surface area (Å²) in [4.78, 5) is 12.1. The van der Waals surface area contributed by atoms with Gasteiger partial charge in [-0.15, -0.1) is 0 Å². The fourth-order valence-corrected chi connectivity index (χ4v) is 1.55. The third-order valence-corrected chi connectivity index (χ3v) is 2.42. The van der Waals surface area contributed by atoms with Crippen molar-refractivity contribution in [3.63, 3.8) is 0 Å². The maximum absolute atomic E-state index is 12.1. The number of anilines is 2. The molecule has 18 heavy (non-hydrogen) atoms. The van der Waals surface area contributed by atoms with Crippen LogP contribution >= 0.6 is 0 Å². The lowest BCUT2D eigenvalue weighted by molar-refractivity contribution is -0.604. The van der Waals surface area contributed by atoms with Gasteiger partial charge in [-0.2, -0.15) is 9.46 Å². The van der Waals surface area contributed by atoms with Gasteiger partial charge in [-0.05, 0) is 0 Å². The first-order valence-corrected chi connectivity index (χ1v) is 5.00. The summed E-state index contributed by atoms with van der Waals surface area (Å²) in [6, 6.07) is 2.62. The molecular formula is C11H10N4O3. The first-order valence-electron chi connectivity index (χ1n) is 5.00. The van der Waals surface area contributed by atoms with Crippen molar-refractivity contribution in [1.29, 1.82) is 0 Å². The van der Waals surface area contributed by atoms with Gasteiger partial charge in [0, 0.05) is 12.1 Å². The number of hydrogen-bond acceptors (Lipinski definition) is 5. The van der Waals surface area contributed by atoms with E-state index in [0.29, 0.717) is 9.46 Å². The number of carbonyl (C=O) groups excluding carboxylic acids is 1. The second kappa shape index (κ2) is 4.21. The van der Waals surface area contributed by atoms with E-state index in [9.17, 15) is 15.2 Å². The number of aromatic nitrogens is 2. The molecule has 2 aromatic heterocycles. The number of rotatable bonds is 2. The average Bonchev–Trinajstić information content (AvgIpc) is 2.28. The summed E-state index contributed by atoms with van der Waals surface area (Å²) >= 11 is 0. The molecule has 0 amide bonds. The SMILES string of the molecule is Nc1c[n+]([O-])ccc1C(=O)c1cc[n+]([O-])cc1N. The lowest BCUT2D eigenvalue weighted by atomic mass is 10.0. The molecule has 0 fully saturated rings. The average molecular weight is 246 g/mol. The minimum absolute atomic E-state index is 0.0516. The van der Waals surface area contributed by atoms with E-state index < -0.39 is 5.78 Å². The fourth-order valence-electron chi connectivity index (χ4n) is 1.55. The van der Waals surface area contributed by atoms with Gasteiger partial charge in [0.05, 0.1) is 11.1 Å². The lowest BCUT2D eigenvalue weighted by Crippen LogP contribution is -2.28. The molecule has 0 aliphatic carbocycles. The molecule has 2 aromatic rings. The smallest absolute Gasteiger partial charge is 0.204 e. The highest BCUT2D eigenvalue weighted by molar-refractivity contribution is 6.14. The van der Waals surface area contributed by atoms with E-state index in [2.05, 4.69) is 0 Å². The zero-order valence-electron chi connectivity index (χ0n) is 9.24. The van der Waals surface area contributed by atoms with E-state index in [0.717, 1.165) is 24.8 Å². The monoisotopic (exact) mass is 246 g/mol. The molecule has 4 N–H and O–H groups in total. The van der Waals surface area contributed by atoms with Crippen LogP contribution in [-0.2, 0) is 0 Å². The number of hydrogen-bond donors (Lipinski definition) is 2. The molecule has 0 bridgehead atoms. The first kappa shape index (κ1) is 11.6. The van der Waals surface area contributed by atoms with Gasteiger partial charge in [-0.25, -0.2) is 0 Å². The van der Waals surface area contributed by atoms with E-state index >= 15 is 0 Å². The number of pyridine rings is 2. The Morgan fingerprint density at radius 3 is 1.67 bits per heavy atom. The van der Waals surface area contributed by atoms with E-state index in [1.807, 2.05) is 0 Å². The van der Waals surface area contributed by atoms with Crippen LogP contribution < -0.4 is 20.9 Å². The van der Waals surface area contributed by atoms with Crippen LogP contribution in [0.4, 0.5) is 11.4 Å². The molecule has 0 atom stereocenters. The Morgan fingerprint density at radius 2 is 1.33 bits per heavy atom. The zero-order valence-corrected chi connectivity index (χ0v) is 9.24. The fraction of sp³-hybridized carbons (Fsp3) is 0. The molecule has 0 saturated carbocycles. The molecule has 0 aliphatic heterocycles. The predicted molar refractivity (Wildman–Crippen MR) is 63.1 cm³/mol. The van der Waals surface area contributed by atoms with Crippen molar-refractivity contribution in [2.45, 2.75) is 0 Å². The Hall–Kier alpha value is -2.83. The highest BCUT2D eigenvalue weighted by Gasteiger charge is 2.18. The van der Waals surface area contributed by atoms with Gasteiger partial charge in [0.1, 0.15) is 11.4 Å². The molecular weight excluding hydrogens is 236 g/mol. The molecule has 2 rings (SSSR count). The number of ketones is 1. The maximum Gasteiger partial charge on any atom is 0.204 e. The van der Waals surface area contributed by atoms with Crippen molar-refractivity contribution < 1.29 is 14.3 Å². The lowest BCUT2D eigenvalue weighted by Gasteiger charge is -2.06. The molecule has 0 aromatic carbocycles. The maximum atomic E-state index is 12.1. The number of nitrogen functional groups attached to an aromatic ring is 2. The number of carbonyl (C=O) groups is 1. The molecule has 0 spiro atoms. The Morgan fingerprint density at radius 1 is 0.944 bits per heavy atom. The van der Waals surface area contributed by atoms with E-state index in [1.54, 1.807) is 0 Å². The molecule has 0 aliphatic rings. The van der Waals surface area contributed by atoms with Gasteiger partial charge in [-0.3, -0.25) is 4.79 Å². The Labute approximate surface area is 102 Å². The van der Waals surface area contributed by atoms with Crippen LogP contribution in [0.3, 0.4) is 0 Å². The van der Waals surface area contributed by atoms with Gasteiger partial charge < -0.3 is 21.9 Å². The summed E-state index contributed by atoms with van der Waals surface area (Å²) < 4.78 is 0.984. The van der Waals surface area contributed by atoms with E-state index in [4.69, 9.17) is 11.5 Å². The summed E-state index contributed by atoms with van der Waals surface area (Å²) in [5, 5.41) is 21.9. The Kier molecular flexibility index (Phi) is 2.72. The van der Waals surface area contributed by atoms with E-state index in [1.165, 1.54) is 12.1 Å².